The van der Waals surface area contributed by atoms with Gasteiger partial charge in [0.2, 0.25) is 0 Å². The normalized spacial score (nSPS) is 11.1. The Morgan fingerprint density at radius 2 is 2.05 bits per heavy atom. The summed E-state index contributed by atoms with van der Waals surface area (Å²) in [5, 5.41) is 5.60. The molecule has 96 valence electrons. The number of benzene rings is 1. The molecule has 0 aliphatic carbocycles. The van der Waals surface area contributed by atoms with Crippen LogP contribution in [0.15, 0.2) is 36.5 Å². The highest BCUT2D eigenvalue weighted by Gasteiger charge is 2.11. The van der Waals surface area contributed by atoms with Gasteiger partial charge in [-0.3, -0.25) is 4.98 Å². The van der Waals surface area contributed by atoms with Crippen LogP contribution in [0.5, 0.6) is 0 Å². The predicted molar refractivity (Wildman–Crippen MR) is 84.9 cm³/mol. The number of hydrogen-bond donors (Lipinski definition) is 1. The van der Waals surface area contributed by atoms with Crippen molar-refractivity contribution in [2.24, 2.45) is 0 Å². The van der Waals surface area contributed by atoms with Crippen LogP contribution in [0.25, 0.3) is 10.9 Å². The number of fused-ring (bicyclic) bond motifs is 1. The van der Waals surface area contributed by atoms with Crippen molar-refractivity contribution in [1.82, 2.24) is 14.8 Å². The number of aryl methyl sites for hydroxylation is 1. The molecule has 2 heterocycles. The molecule has 0 saturated heterocycles. The average molecular weight is 364 g/mol. The summed E-state index contributed by atoms with van der Waals surface area (Å²) < 4.78 is 2.85. The molecule has 0 radical (unpaired) electrons. The zero-order valence-electron chi connectivity index (χ0n) is 10.5. The van der Waals surface area contributed by atoms with Gasteiger partial charge in [0, 0.05) is 11.6 Å². The fourth-order valence-corrected chi connectivity index (χ4v) is 2.54. The Kier molecular flexibility index (Phi) is 3.14. The van der Waals surface area contributed by atoms with Crippen LogP contribution >= 0.6 is 22.6 Å². The number of hydrogen-bond acceptors (Lipinski definition) is 3. The number of nitrogen functional groups attached to an aromatic ring is 1. The summed E-state index contributed by atoms with van der Waals surface area (Å²) >= 11 is 2.23. The standard InChI is InChI=1S/C14H13IN4/c1-9-12(15)14(16)19(18-9)8-11-5-2-4-10-6-3-7-17-13(10)11/h2-7H,8,16H2,1H3. The second-order valence-corrected chi connectivity index (χ2v) is 5.51. The lowest BCUT2D eigenvalue weighted by Gasteiger charge is -2.07. The number of nitrogens with two attached hydrogens (primary N) is 1. The number of para-hydroxylation sites is 1. The Balaban J connectivity index is 2.08. The molecular weight excluding hydrogens is 351 g/mol. The predicted octanol–water partition coefficient (Wildman–Crippen LogP) is 2.97. The second-order valence-electron chi connectivity index (χ2n) is 4.43. The molecule has 2 N–H and O–H groups in total. The maximum Gasteiger partial charge on any atom is 0.135 e. The lowest BCUT2D eigenvalue weighted by atomic mass is 10.1. The quantitative estimate of drug-likeness (QED) is 0.712. The summed E-state index contributed by atoms with van der Waals surface area (Å²) in [6, 6.07) is 10.2. The SMILES string of the molecule is Cc1nn(Cc2cccc3cccnc23)c(N)c1I. The van der Waals surface area contributed by atoms with Crippen molar-refractivity contribution < 1.29 is 0 Å². The molecule has 5 heteroatoms. The molecule has 0 atom stereocenters. The highest BCUT2D eigenvalue weighted by Crippen LogP contribution is 2.22. The van der Waals surface area contributed by atoms with Crippen LogP contribution in [0, 0.1) is 10.5 Å². The first-order chi connectivity index (χ1) is 9.16. The molecule has 0 fully saturated rings. The van der Waals surface area contributed by atoms with Gasteiger partial charge in [-0.2, -0.15) is 5.10 Å². The molecule has 0 bridgehead atoms. The van der Waals surface area contributed by atoms with E-state index in [2.05, 4.69) is 50.9 Å². The second kappa shape index (κ2) is 4.80. The molecule has 0 unspecified atom stereocenters. The fraction of sp³-hybridized carbons (Fsp3) is 0.143. The summed E-state index contributed by atoms with van der Waals surface area (Å²) in [6.45, 7) is 2.61. The molecule has 4 nitrogen and oxygen atoms in total. The molecular formula is C14H13IN4. The lowest BCUT2D eigenvalue weighted by molar-refractivity contribution is 0.691. The molecule has 0 spiro atoms. The van der Waals surface area contributed by atoms with E-state index in [1.165, 1.54) is 0 Å². The van der Waals surface area contributed by atoms with Crippen molar-refractivity contribution in [2.45, 2.75) is 13.5 Å². The maximum atomic E-state index is 6.07. The number of anilines is 1. The van der Waals surface area contributed by atoms with Crippen LogP contribution < -0.4 is 5.73 Å². The minimum Gasteiger partial charge on any atom is -0.383 e. The van der Waals surface area contributed by atoms with Crippen molar-refractivity contribution in [2.75, 3.05) is 5.73 Å². The van der Waals surface area contributed by atoms with Gasteiger partial charge in [-0.05, 0) is 41.1 Å². The van der Waals surface area contributed by atoms with Gasteiger partial charge in [-0.25, -0.2) is 4.68 Å². The minimum atomic E-state index is 0.643. The van der Waals surface area contributed by atoms with E-state index >= 15 is 0 Å². The highest BCUT2D eigenvalue weighted by atomic mass is 127. The number of aromatic nitrogens is 3. The maximum absolute atomic E-state index is 6.07. The Hall–Kier alpha value is -1.63. The van der Waals surface area contributed by atoms with E-state index in [4.69, 9.17) is 5.73 Å². The zero-order valence-corrected chi connectivity index (χ0v) is 12.6. The molecule has 0 aliphatic rings. The van der Waals surface area contributed by atoms with Gasteiger partial charge < -0.3 is 5.73 Å². The van der Waals surface area contributed by atoms with Crippen molar-refractivity contribution in [3.63, 3.8) is 0 Å². The average Bonchev–Trinajstić information content (AvgIpc) is 2.67. The van der Waals surface area contributed by atoms with Crippen LogP contribution in [-0.4, -0.2) is 14.8 Å². The Morgan fingerprint density at radius 3 is 2.79 bits per heavy atom. The third kappa shape index (κ3) is 2.18. The number of nitrogens with zero attached hydrogens (tertiary/aromatic N) is 3. The monoisotopic (exact) mass is 364 g/mol. The first kappa shape index (κ1) is 12.4. The third-order valence-corrected chi connectivity index (χ3v) is 4.46. The molecule has 3 rings (SSSR count). The molecule has 2 aromatic heterocycles. The van der Waals surface area contributed by atoms with Gasteiger partial charge in [0.15, 0.2) is 0 Å². The first-order valence-corrected chi connectivity index (χ1v) is 7.05. The Morgan fingerprint density at radius 1 is 1.26 bits per heavy atom. The Labute approximate surface area is 124 Å². The summed E-state index contributed by atoms with van der Waals surface area (Å²) in [4.78, 5) is 4.45. The number of rotatable bonds is 2. The lowest BCUT2D eigenvalue weighted by Crippen LogP contribution is -2.07. The van der Waals surface area contributed by atoms with Crippen LogP contribution in [0.2, 0.25) is 0 Å². The van der Waals surface area contributed by atoms with Crippen LogP contribution in [0.4, 0.5) is 5.82 Å². The minimum absolute atomic E-state index is 0.643. The van der Waals surface area contributed by atoms with Crippen LogP contribution in [0.3, 0.4) is 0 Å². The number of pyridine rings is 1. The summed E-state index contributed by atoms with van der Waals surface area (Å²) in [7, 11) is 0. The van der Waals surface area contributed by atoms with E-state index in [0.717, 1.165) is 25.7 Å². The van der Waals surface area contributed by atoms with Gasteiger partial charge in [-0.15, -0.1) is 0 Å². The molecule has 19 heavy (non-hydrogen) atoms. The number of halogens is 1. The summed E-state index contributed by atoms with van der Waals surface area (Å²) in [5.74, 6) is 0.714. The van der Waals surface area contributed by atoms with E-state index in [-0.39, 0.29) is 0 Å². The van der Waals surface area contributed by atoms with E-state index in [1.807, 2.05) is 29.9 Å². The van der Waals surface area contributed by atoms with Gasteiger partial charge in [0.05, 0.1) is 21.3 Å². The molecule has 1 aromatic carbocycles. The first-order valence-electron chi connectivity index (χ1n) is 5.98. The van der Waals surface area contributed by atoms with Gasteiger partial charge in [-0.1, -0.05) is 24.3 Å². The van der Waals surface area contributed by atoms with Gasteiger partial charge in [0.25, 0.3) is 0 Å². The van der Waals surface area contributed by atoms with E-state index < -0.39 is 0 Å². The molecule has 3 aromatic rings. The van der Waals surface area contributed by atoms with Crippen molar-refractivity contribution in [3.05, 3.63) is 51.4 Å². The smallest absolute Gasteiger partial charge is 0.135 e. The van der Waals surface area contributed by atoms with Gasteiger partial charge >= 0.3 is 0 Å². The zero-order chi connectivity index (χ0) is 13.4. The topological polar surface area (TPSA) is 56.7 Å². The highest BCUT2D eigenvalue weighted by molar-refractivity contribution is 14.1. The van der Waals surface area contributed by atoms with Crippen molar-refractivity contribution in [1.29, 1.82) is 0 Å². The molecule has 0 aliphatic heterocycles. The summed E-state index contributed by atoms with van der Waals surface area (Å²) in [5.41, 5.74) is 9.17. The summed E-state index contributed by atoms with van der Waals surface area (Å²) in [6.07, 6.45) is 1.81. The largest absolute Gasteiger partial charge is 0.383 e. The van der Waals surface area contributed by atoms with E-state index in [0.29, 0.717) is 12.4 Å². The Bertz CT molecular complexity index is 743. The van der Waals surface area contributed by atoms with Crippen LogP contribution in [-0.2, 0) is 6.54 Å². The molecule has 0 amide bonds. The molecule has 0 saturated carbocycles. The van der Waals surface area contributed by atoms with Gasteiger partial charge in [0.1, 0.15) is 5.82 Å². The fourth-order valence-electron chi connectivity index (χ4n) is 2.15. The van der Waals surface area contributed by atoms with E-state index in [1.54, 1.807) is 0 Å². The van der Waals surface area contributed by atoms with Crippen molar-refractivity contribution in [3.8, 4) is 0 Å². The van der Waals surface area contributed by atoms with E-state index in [9.17, 15) is 0 Å². The third-order valence-electron chi connectivity index (χ3n) is 3.13. The van der Waals surface area contributed by atoms with Crippen LogP contribution in [0.1, 0.15) is 11.3 Å². The van der Waals surface area contributed by atoms with Crippen molar-refractivity contribution >= 4 is 39.3 Å².